The lowest BCUT2D eigenvalue weighted by molar-refractivity contribution is 0.143. The van der Waals surface area contributed by atoms with Crippen LogP contribution in [0.2, 0.25) is 0 Å². The predicted molar refractivity (Wildman–Crippen MR) is 71.1 cm³/mol. The summed E-state index contributed by atoms with van der Waals surface area (Å²) in [6.45, 7) is 2.30. The number of furan rings is 1. The molecule has 2 atom stereocenters. The van der Waals surface area contributed by atoms with Crippen molar-refractivity contribution < 1.29 is 13.9 Å². The fourth-order valence-electron chi connectivity index (χ4n) is 2.07. The Balaban J connectivity index is 1.99. The third kappa shape index (κ3) is 3.43. The highest BCUT2D eigenvalue weighted by molar-refractivity contribution is 5.21. The summed E-state index contributed by atoms with van der Waals surface area (Å²) in [7, 11) is 0. The molecule has 0 unspecified atom stereocenters. The largest absolute Gasteiger partial charge is 0.467 e. The maximum atomic E-state index is 13.7. The molecular formula is C15H18FNO2. The molecule has 2 N–H and O–H groups in total. The van der Waals surface area contributed by atoms with E-state index in [1.165, 1.54) is 12.3 Å². The molecule has 0 amide bonds. The summed E-state index contributed by atoms with van der Waals surface area (Å²) in [5.74, 6) is 0.283. The molecule has 4 heteroatoms. The number of rotatable bonds is 6. The van der Waals surface area contributed by atoms with Gasteiger partial charge in [-0.05, 0) is 24.6 Å². The minimum Gasteiger partial charge on any atom is -0.467 e. The molecule has 0 radical (unpaired) electrons. The van der Waals surface area contributed by atoms with Crippen molar-refractivity contribution in [2.45, 2.75) is 25.5 Å². The molecule has 2 rings (SSSR count). The number of aliphatic hydroxyl groups excluding tert-OH is 1. The van der Waals surface area contributed by atoms with Gasteiger partial charge in [0.25, 0.3) is 0 Å². The van der Waals surface area contributed by atoms with Gasteiger partial charge in [0.2, 0.25) is 0 Å². The van der Waals surface area contributed by atoms with E-state index in [1.807, 2.05) is 13.0 Å². The van der Waals surface area contributed by atoms with Gasteiger partial charge in [-0.15, -0.1) is 0 Å². The Morgan fingerprint density at radius 2 is 2.05 bits per heavy atom. The molecule has 19 heavy (non-hydrogen) atoms. The first-order chi connectivity index (χ1) is 9.22. The van der Waals surface area contributed by atoms with Gasteiger partial charge in [0.15, 0.2) is 0 Å². The Labute approximate surface area is 112 Å². The lowest BCUT2D eigenvalue weighted by atomic mass is 10.0. The van der Waals surface area contributed by atoms with Gasteiger partial charge in [-0.25, -0.2) is 4.39 Å². The van der Waals surface area contributed by atoms with E-state index in [1.54, 1.807) is 24.3 Å². The number of halogens is 1. The summed E-state index contributed by atoms with van der Waals surface area (Å²) >= 11 is 0. The standard InChI is InChI=1S/C15H18FNO2/c1-2-13(11-6-3-4-7-12(11)16)17-10-14(18)15-8-5-9-19-15/h3-9,13-14,17-18H,2,10H2,1H3/t13-,14-/m1/s1. The second-order valence-corrected chi connectivity index (χ2v) is 4.42. The highest BCUT2D eigenvalue weighted by atomic mass is 19.1. The maximum absolute atomic E-state index is 13.7. The van der Waals surface area contributed by atoms with Crippen LogP contribution >= 0.6 is 0 Å². The van der Waals surface area contributed by atoms with Crippen molar-refractivity contribution >= 4 is 0 Å². The first-order valence-electron chi connectivity index (χ1n) is 6.41. The van der Waals surface area contributed by atoms with Crippen molar-refractivity contribution in [3.63, 3.8) is 0 Å². The third-order valence-corrected chi connectivity index (χ3v) is 3.12. The molecule has 0 saturated heterocycles. The quantitative estimate of drug-likeness (QED) is 0.841. The average Bonchev–Trinajstić information content (AvgIpc) is 2.95. The van der Waals surface area contributed by atoms with E-state index in [4.69, 9.17) is 4.42 Å². The lowest BCUT2D eigenvalue weighted by Gasteiger charge is -2.19. The molecule has 102 valence electrons. The van der Waals surface area contributed by atoms with Gasteiger partial charge in [-0.2, -0.15) is 0 Å². The van der Waals surface area contributed by atoms with Crippen LogP contribution in [0.15, 0.2) is 47.1 Å². The fourth-order valence-corrected chi connectivity index (χ4v) is 2.07. The van der Waals surface area contributed by atoms with Crippen molar-refractivity contribution in [2.24, 2.45) is 0 Å². The van der Waals surface area contributed by atoms with E-state index in [2.05, 4.69) is 5.32 Å². The van der Waals surface area contributed by atoms with Gasteiger partial charge in [-0.1, -0.05) is 25.1 Å². The summed E-state index contributed by atoms with van der Waals surface area (Å²) < 4.78 is 18.8. The normalized spacial score (nSPS) is 14.3. The molecule has 2 aromatic rings. The Kier molecular flexibility index (Phi) is 4.71. The van der Waals surface area contributed by atoms with Crippen molar-refractivity contribution in [3.8, 4) is 0 Å². The minimum atomic E-state index is -0.726. The highest BCUT2D eigenvalue weighted by Crippen LogP contribution is 2.21. The minimum absolute atomic E-state index is 0.120. The van der Waals surface area contributed by atoms with Crippen LogP contribution < -0.4 is 5.32 Å². The number of aliphatic hydroxyl groups is 1. The van der Waals surface area contributed by atoms with E-state index in [9.17, 15) is 9.50 Å². The predicted octanol–water partition coefficient (Wildman–Crippen LogP) is 3.19. The van der Waals surface area contributed by atoms with Crippen LogP contribution in [-0.2, 0) is 0 Å². The van der Waals surface area contributed by atoms with Crippen LogP contribution in [0.5, 0.6) is 0 Å². The molecule has 0 aliphatic carbocycles. The zero-order valence-electron chi connectivity index (χ0n) is 10.8. The molecule has 0 aliphatic heterocycles. The third-order valence-electron chi connectivity index (χ3n) is 3.12. The zero-order valence-corrected chi connectivity index (χ0v) is 10.8. The van der Waals surface area contributed by atoms with E-state index < -0.39 is 6.10 Å². The smallest absolute Gasteiger partial charge is 0.133 e. The highest BCUT2D eigenvalue weighted by Gasteiger charge is 2.16. The first-order valence-corrected chi connectivity index (χ1v) is 6.41. The number of hydrogen-bond acceptors (Lipinski definition) is 3. The molecular weight excluding hydrogens is 245 g/mol. The van der Waals surface area contributed by atoms with Gasteiger partial charge in [0.1, 0.15) is 17.7 Å². The van der Waals surface area contributed by atoms with E-state index in [0.29, 0.717) is 17.9 Å². The van der Waals surface area contributed by atoms with Crippen molar-refractivity contribution in [3.05, 3.63) is 59.8 Å². The Hall–Kier alpha value is -1.65. The molecule has 0 spiro atoms. The molecule has 1 aromatic carbocycles. The van der Waals surface area contributed by atoms with Crippen LogP contribution in [0.1, 0.15) is 36.8 Å². The molecule has 0 saturated carbocycles. The topological polar surface area (TPSA) is 45.4 Å². The van der Waals surface area contributed by atoms with Gasteiger partial charge < -0.3 is 14.8 Å². The molecule has 0 aliphatic rings. The van der Waals surface area contributed by atoms with E-state index >= 15 is 0 Å². The summed E-state index contributed by atoms with van der Waals surface area (Å²) in [5.41, 5.74) is 0.622. The molecule has 1 aromatic heterocycles. The number of nitrogens with one attached hydrogen (secondary N) is 1. The molecule has 3 nitrogen and oxygen atoms in total. The van der Waals surface area contributed by atoms with E-state index in [0.717, 1.165) is 6.42 Å². The Morgan fingerprint density at radius 3 is 2.68 bits per heavy atom. The SMILES string of the molecule is CC[C@@H](NC[C@@H](O)c1ccco1)c1ccccc1F. The first kappa shape index (κ1) is 13.8. The van der Waals surface area contributed by atoms with Crippen LogP contribution in [0.4, 0.5) is 4.39 Å². The molecule has 0 fully saturated rings. The summed E-state index contributed by atoms with van der Waals surface area (Å²) in [5, 5.41) is 13.1. The second kappa shape index (κ2) is 6.50. The van der Waals surface area contributed by atoms with E-state index in [-0.39, 0.29) is 11.9 Å². The van der Waals surface area contributed by atoms with Gasteiger partial charge in [-0.3, -0.25) is 0 Å². The van der Waals surface area contributed by atoms with Crippen LogP contribution in [0, 0.1) is 5.82 Å². The lowest BCUT2D eigenvalue weighted by Crippen LogP contribution is -2.26. The van der Waals surface area contributed by atoms with Crippen LogP contribution in [0.3, 0.4) is 0 Å². The molecule has 0 bridgehead atoms. The molecule has 1 heterocycles. The fraction of sp³-hybridized carbons (Fsp3) is 0.333. The Morgan fingerprint density at radius 1 is 1.26 bits per heavy atom. The van der Waals surface area contributed by atoms with Crippen molar-refractivity contribution in [1.82, 2.24) is 5.32 Å². The average molecular weight is 263 g/mol. The second-order valence-electron chi connectivity index (χ2n) is 4.42. The van der Waals surface area contributed by atoms with Crippen molar-refractivity contribution in [2.75, 3.05) is 6.54 Å². The zero-order chi connectivity index (χ0) is 13.7. The maximum Gasteiger partial charge on any atom is 0.133 e. The van der Waals surface area contributed by atoms with Gasteiger partial charge in [0, 0.05) is 18.2 Å². The Bertz CT molecular complexity index is 499. The summed E-state index contributed by atoms with van der Waals surface area (Å²) in [6, 6.07) is 10.0. The summed E-state index contributed by atoms with van der Waals surface area (Å²) in [4.78, 5) is 0. The van der Waals surface area contributed by atoms with Gasteiger partial charge in [0.05, 0.1) is 6.26 Å². The van der Waals surface area contributed by atoms with Crippen molar-refractivity contribution in [1.29, 1.82) is 0 Å². The summed E-state index contributed by atoms with van der Waals surface area (Å²) in [6.07, 6.45) is 1.54. The van der Waals surface area contributed by atoms with Crippen LogP contribution in [0.25, 0.3) is 0 Å². The number of hydrogen-bond donors (Lipinski definition) is 2. The van der Waals surface area contributed by atoms with Gasteiger partial charge >= 0.3 is 0 Å². The van der Waals surface area contributed by atoms with Crippen LogP contribution in [-0.4, -0.2) is 11.7 Å². The number of benzene rings is 1. The monoisotopic (exact) mass is 263 g/mol.